The number of carbonyl (C=O) groups is 1. The van der Waals surface area contributed by atoms with E-state index < -0.39 is 0 Å². The Hall–Kier alpha value is -1.75. The van der Waals surface area contributed by atoms with Crippen molar-refractivity contribution in [3.05, 3.63) is 23.8 Å². The first-order chi connectivity index (χ1) is 9.24. The summed E-state index contributed by atoms with van der Waals surface area (Å²) in [5, 5.41) is 3.05. The molecule has 2 saturated heterocycles. The van der Waals surface area contributed by atoms with E-state index in [0.717, 1.165) is 24.9 Å². The SMILES string of the molecule is COc1ccc(C2NC(=O)C3CCCN32)cc1OC. The number of nitrogens with one attached hydrogen (secondary N) is 1. The van der Waals surface area contributed by atoms with Gasteiger partial charge in [0.2, 0.25) is 5.91 Å². The highest BCUT2D eigenvalue weighted by Gasteiger charge is 2.43. The highest BCUT2D eigenvalue weighted by molar-refractivity contribution is 5.84. The minimum atomic E-state index is -0.0418. The molecule has 5 heteroatoms. The molecular weight excluding hydrogens is 244 g/mol. The molecule has 2 unspecified atom stereocenters. The standard InChI is InChI=1S/C14H18N2O3/c1-18-11-6-5-9(8-12(11)19-2)13-15-14(17)10-4-3-7-16(10)13/h5-6,8,10,13H,3-4,7H2,1-2H3,(H,15,17). The Morgan fingerprint density at radius 1 is 1.26 bits per heavy atom. The smallest absolute Gasteiger partial charge is 0.238 e. The zero-order chi connectivity index (χ0) is 13.4. The monoisotopic (exact) mass is 262 g/mol. The van der Waals surface area contributed by atoms with E-state index in [0.29, 0.717) is 11.5 Å². The van der Waals surface area contributed by atoms with Gasteiger partial charge in [-0.3, -0.25) is 9.69 Å². The second-order valence-electron chi connectivity index (χ2n) is 4.92. The van der Waals surface area contributed by atoms with Gasteiger partial charge in [0.05, 0.1) is 20.3 Å². The minimum absolute atomic E-state index is 0.0399. The number of methoxy groups -OCH3 is 2. The first-order valence-electron chi connectivity index (χ1n) is 6.52. The lowest BCUT2D eigenvalue weighted by atomic mass is 10.1. The summed E-state index contributed by atoms with van der Waals surface area (Å²) in [4.78, 5) is 14.1. The van der Waals surface area contributed by atoms with Crippen molar-refractivity contribution in [2.75, 3.05) is 20.8 Å². The van der Waals surface area contributed by atoms with E-state index >= 15 is 0 Å². The van der Waals surface area contributed by atoms with Crippen LogP contribution in [-0.2, 0) is 4.79 Å². The van der Waals surface area contributed by atoms with E-state index in [4.69, 9.17) is 9.47 Å². The van der Waals surface area contributed by atoms with Gasteiger partial charge in [0.1, 0.15) is 6.17 Å². The maximum absolute atomic E-state index is 11.9. The van der Waals surface area contributed by atoms with Crippen LogP contribution in [0.15, 0.2) is 18.2 Å². The van der Waals surface area contributed by atoms with Crippen LogP contribution < -0.4 is 14.8 Å². The Kier molecular flexibility index (Phi) is 3.06. The van der Waals surface area contributed by atoms with Gasteiger partial charge in [-0.15, -0.1) is 0 Å². The van der Waals surface area contributed by atoms with Crippen LogP contribution in [0.3, 0.4) is 0 Å². The largest absolute Gasteiger partial charge is 0.493 e. The fourth-order valence-corrected chi connectivity index (χ4v) is 2.99. The van der Waals surface area contributed by atoms with Crippen molar-refractivity contribution in [3.63, 3.8) is 0 Å². The molecule has 5 nitrogen and oxygen atoms in total. The van der Waals surface area contributed by atoms with Gasteiger partial charge in [0.25, 0.3) is 0 Å². The molecular formula is C14H18N2O3. The van der Waals surface area contributed by atoms with Crippen molar-refractivity contribution in [3.8, 4) is 11.5 Å². The normalized spacial score (nSPS) is 26.1. The minimum Gasteiger partial charge on any atom is -0.493 e. The van der Waals surface area contributed by atoms with Gasteiger partial charge in [-0.2, -0.15) is 0 Å². The van der Waals surface area contributed by atoms with Crippen molar-refractivity contribution in [1.29, 1.82) is 0 Å². The average Bonchev–Trinajstić information content (AvgIpc) is 3.02. The number of nitrogens with zero attached hydrogens (tertiary/aromatic N) is 1. The van der Waals surface area contributed by atoms with Gasteiger partial charge in [0.15, 0.2) is 11.5 Å². The molecule has 3 rings (SSSR count). The van der Waals surface area contributed by atoms with Crippen LogP contribution >= 0.6 is 0 Å². The summed E-state index contributed by atoms with van der Waals surface area (Å²) in [6.07, 6.45) is 2.00. The number of hydrogen-bond acceptors (Lipinski definition) is 4. The van der Waals surface area contributed by atoms with Crippen molar-refractivity contribution in [1.82, 2.24) is 10.2 Å². The molecule has 2 aliphatic heterocycles. The van der Waals surface area contributed by atoms with Gasteiger partial charge in [-0.1, -0.05) is 6.07 Å². The molecule has 1 N–H and O–H groups in total. The summed E-state index contributed by atoms with van der Waals surface area (Å²) in [7, 11) is 3.24. The summed E-state index contributed by atoms with van der Waals surface area (Å²) in [6, 6.07) is 5.83. The molecule has 2 aliphatic rings. The molecule has 2 fully saturated rings. The Morgan fingerprint density at radius 3 is 2.79 bits per heavy atom. The lowest BCUT2D eigenvalue weighted by Crippen LogP contribution is -2.28. The van der Waals surface area contributed by atoms with E-state index in [-0.39, 0.29) is 18.1 Å². The molecule has 2 atom stereocenters. The lowest BCUT2D eigenvalue weighted by Gasteiger charge is -2.22. The van der Waals surface area contributed by atoms with Gasteiger partial charge in [-0.05, 0) is 30.5 Å². The van der Waals surface area contributed by atoms with Crippen LogP contribution in [0.2, 0.25) is 0 Å². The third kappa shape index (κ3) is 1.94. The fraction of sp³-hybridized carbons (Fsp3) is 0.500. The van der Waals surface area contributed by atoms with Crippen molar-refractivity contribution >= 4 is 5.91 Å². The molecule has 0 saturated carbocycles. The molecule has 0 spiro atoms. The van der Waals surface area contributed by atoms with Crippen molar-refractivity contribution in [2.45, 2.75) is 25.0 Å². The van der Waals surface area contributed by atoms with Crippen LogP contribution in [0.5, 0.6) is 11.5 Å². The van der Waals surface area contributed by atoms with Crippen LogP contribution in [-0.4, -0.2) is 37.6 Å². The number of amides is 1. The Labute approximate surface area is 112 Å². The molecule has 1 amide bonds. The maximum atomic E-state index is 11.9. The molecule has 0 aliphatic carbocycles. The van der Waals surface area contributed by atoms with E-state index in [1.165, 1.54) is 0 Å². The average molecular weight is 262 g/mol. The van der Waals surface area contributed by atoms with Crippen LogP contribution in [0.1, 0.15) is 24.6 Å². The summed E-state index contributed by atoms with van der Waals surface area (Å²) in [6.45, 7) is 0.961. The third-order valence-corrected chi connectivity index (χ3v) is 3.93. The second kappa shape index (κ2) is 4.74. The molecule has 0 bridgehead atoms. The Bertz CT molecular complexity index is 503. The predicted molar refractivity (Wildman–Crippen MR) is 70.2 cm³/mol. The Balaban J connectivity index is 1.92. The lowest BCUT2D eigenvalue weighted by molar-refractivity contribution is -0.121. The van der Waals surface area contributed by atoms with Crippen LogP contribution in [0.25, 0.3) is 0 Å². The molecule has 1 aromatic carbocycles. The van der Waals surface area contributed by atoms with Gasteiger partial charge >= 0.3 is 0 Å². The topological polar surface area (TPSA) is 50.8 Å². The highest BCUT2D eigenvalue weighted by atomic mass is 16.5. The molecule has 19 heavy (non-hydrogen) atoms. The highest BCUT2D eigenvalue weighted by Crippen LogP contribution is 2.36. The summed E-state index contributed by atoms with van der Waals surface area (Å²) in [5.41, 5.74) is 1.04. The van der Waals surface area contributed by atoms with Gasteiger partial charge in [0, 0.05) is 6.54 Å². The number of carbonyl (C=O) groups excluding carboxylic acids is 1. The zero-order valence-corrected chi connectivity index (χ0v) is 11.2. The number of fused-ring (bicyclic) bond motifs is 1. The molecule has 0 radical (unpaired) electrons. The first kappa shape index (κ1) is 12.3. The van der Waals surface area contributed by atoms with E-state index in [1.807, 2.05) is 18.2 Å². The summed E-state index contributed by atoms with van der Waals surface area (Å²) < 4.78 is 10.6. The number of hydrogen-bond donors (Lipinski definition) is 1. The fourth-order valence-electron chi connectivity index (χ4n) is 2.99. The molecule has 0 aromatic heterocycles. The third-order valence-electron chi connectivity index (χ3n) is 3.93. The zero-order valence-electron chi connectivity index (χ0n) is 11.2. The first-order valence-corrected chi connectivity index (χ1v) is 6.52. The maximum Gasteiger partial charge on any atom is 0.238 e. The summed E-state index contributed by atoms with van der Waals surface area (Å²) in [5.74, 6) is 1.53. The van der Waals surface area contributed by atoms with Gasteiger partial charge in [-0.25, -0.2) is 0 Å². The van der Waals surface area contributed by atoms with E-state index in [2.05, 4.69) is 10.2 Å². The van der Waals surface area contributed by atoms with Gasteiger partial charge < -0.3 is 14.8 Å². The van der Waals surface area contributed by atoms with Crippen LogP contribution in [0.4, 0.5) is 0 Å². The number of rotatable bonds is 3. The number of benzene rings is 1. The van der Waals surface area contributed by atoms with E-state index in [1.54, 1.807) is 14.2 Å². The van der Waals surface area contributed by atoms with Crippen molar-refractivity contribution < 1.29 is 14.3 Å². The molecule has 102 valence electrons. The summed E-state index contributed by atoms with van der Waals surface area (Å²) >= 11 is 0. The predicted octanol–water partition coefficient (Wildman–Crippen LogP) is 1.30. The molecule has 1 aromatic rings. The number of ether oxygens (including phenoxy) is 2. The van der Waals surface area contributed by atoms with E-state index in [9.17, 15) is 4.79 Å². The quantitative estimate of drug-likeness (QED) is 0.892. The Morgan fingerprint density at radius 2 is 2.05 bits per heavy atom. The molecule has 2 heterocycles. The second-order valence-corrected chi connectivity index (χ2v) is 4.92. The van der Waals surface area contributed by atoms with Crippen molar-refractivity contribution in [2.24, 2.45) is 0 Å². The van der Waals surface area contributed by atoms with Crippen LogP contribution in [0, 0.1) is 0 Å².